The highest BCUT2D eigenvalue weighted by Gasteiger charge is 2.30. The van der Waals surface area contributed by atoms with Crippen LogP contribution in [0.2, 0.25) is 0 Å². The standard InChI is InChI=1S/C20H23F3N4OS/c1-13(2)27-18(24-25-19(27)29)15-9-11-26(12-10-15)17(28)8-5-14-3-6-16(7-4-14)20(21,22)23/h3-8,13,15H,9-12H2,1-2H3,(H,25,29). The van der Waals surface area contributed by atoms with E-state index in [0.29, 0.717) is 23.4 Å². The predicted octanol–water partition coefficient (Wildman–Crippen LogP) is 4.96. The molecule has 0 bridgehead atoms. The van der Waals surface area contributed by atoms with Crippen molar-refractivity contribution in [3.8, 4) is 0 Å². The molecule has 1 amide bonds. The zero-order chi connectivity index (χ0) is 21.2. The molecule has 29 heavy (non-hydrogen) atoms. The van der Waals surface area contributed by atoms with Crippen molar-refractivity contribution in [2.45, 2.75) is 44.8 Å². The minimum absolute atomic E-state index is 0.147. The number of halogens is 3. The number of nitrogens with one attached hydrogen (secondary N) is 1. The molecule has 1 saturated heterocycles. The molecular weight excluding hydrogens is 401 g/mol. The molecule has 1 aromatic heterocycles. The first kappa shape index (κ1) is 21.3. The van der Waals surface area contributed by atoms with Crippen LogP contribution in [0, 0.1) is 4.77 Å². The highest BCUT2D eigenvalue weighted by atomic mass is 32.1. The van der Waals surface area contributed by atoms with Crippen molar-refractivity contribution < 1.29 is 18.0 Å². The molecule has 3 rings (SSSR count). The van der Waals surface area contributed by atoms with E-state index in [4.69, 9.17) is 12.2 Å². The lowest BCUT2D eigenvalue weighted by Gasteiger charge is -2.31. The summed E-state index contributed by atoms with van der Waals surface area (Å²) >= 11 is 5.30. The Morgan fingerprint density at radius 3 is 2.41 bits per heavy atom. The Balaban J connectivity index is 1.59. The minimum atomic E-state index is -4.36. The number of hydrogen-bond acceptors (Lipinski definition) is 3. The van der Waals surface area contributed by atoms with Crippen LogP contribution in [-0.4, -0.2) is 38.7 Å². The quantitative estimate of drug-likeness (QED) is 0.558. The van der Waals surface area contributed by atoms with Crippen LogP contribution in [-0.2, 0) is 11.0 Å². The second-order valence-corrected chi connectivity index (χ2v) is 7.79. The average molecular weight is 424 g/mol. The van der Waals surface area contributed by atoms with Crippen LogP contribution < -0.4 is 0 Å². The van der Waals surface area contributed by atoms with Crippen LogP contribution in [0.1, 0.15) is 55.6 Å². The lowest BCUT2D eigenvalue weighted by molar-refractivity contribution is -0.137. The third-order valence-corrected chi connectivity index (χ3v) is 5.36. The number of piperidine rings is 1. The summed E-state index contributed by atoms with van der Waals surface area (Å²) in [5.41, 5.74) is -0.156. The second kappa shape index (κ2) is 8.52. The molecule has 1 fully saturated rings. The number of benzene rings is 1. The van der Waals surface area contributed by atoms with E-state index in [2.05, 4.69) is 24.0 Å². The van der Waals surface area contributed by atoms with Gasteiger partial charge in [0.1, 0.15) is 5.82 Å². The number of alkyl halides is 3. The fraction of sp³-hybridized carbons (Fsp3) is 0.450. The Hall–Kier alpha value is -2.42. The predicted molar refractivity (Wildman–Crippen MR) is 107 cm³/mol. The van der Waals surface area contributed by atoms with E-state index < -0.39 is 11.7 Å². The van der Waals surface area contributed by atoms with Crippen molar-refractivity contribution in [2.75, 3.05) is 13.1 Å². The van der Waals surface area contributed by atoms with Gasteiger partial charge < -0.3 is 9.47 Å². The van der Waals surface area contributed by atoms with Gasteiger partial charge in [-0.25, -0.2) is 0 Å². The van der Waals surface area contributed by atoms with E-state index in [1.807, 2.05) is 4.57 Å². The van der Waals surface area contributed by atoms with Crippen molar-refractivity contribution in [3.63, 3.8) is 0 Å². The highest BCUT2D eigenvalue weighted by Crippen LogP contribution is 2.30. The molecule has 5 nitrogen and oxygen atoms in total. The van der Waals surface area contributed by atoms with E-state index in [1.54, 1.807) is 11.0 Å². The fourth-order valence-corrected chi connectivity index (χ4v) is 3.87. The van der Waals surface area contributed by atoms with Gasteiger partial charge in [-0.1, -0.05) is 12.1 Å². The summed E-state index contributed by atoms with van der Waals surface area (Å²) in [7, 11) is 0. The minimum Gasteiger partial charge on any atom is -0.339 e. The SMILES string of the molecule is CC(C)n1c(C2CCN(C(=O)C=Cc3ccc(C(F)(F)F)cc3)CC2)n[nH]c1=S. The summed E-state index contributed by atoms with van der Waals surface area (Å²) < 4.78 is 40.4. The Kier molecular flexibility index (Phi) is 6.26. The molecule has 1 N–H and O–H groups in total. The molecule has 0 atom stereocenters. The van der Waals surface area contributed by atoms with Gasteiger partial charge in [-0.2, -0.15) is 18.3 Å². The Morgan fingerprint density at radius 1 is 1.24 bits per heavy atom. The number of carbonyl (C=O) groups excluding carboxylic acids is 1. The summed E-state index contributed by atoms with van der Waals surface area (Å²) in [4.78, 5) is 14.2. The number of amides is 1. The lowest BCUT2D eigenvalue weighted by Crippen LogP contribution is -2.37. The third kappa shape index (κ3) is 4.95. The average Bonchev–Trinajstić information content (AvgIpc) is 3.07. The topological polar surface area (TPSA) is 53.9 Å². The Bertz CT molecular complexity index is 936. The summed E-state index contributed by atoms with van der Waals surface area (Å²) in [5, 5.41) is 7.23. The molecule has 2 aromatic rings. The number of likely N-dealkylation sites (tertiary alicyclic amines) is 1. The number of rotatable bonds is 4. The number of carbonyl (C=O) groups is 1. The van der Waals surface area contributed by atoms with Crippen molar-refractivity contribution in [2.24, 2.45) is 0 Å². The summed E-state index contributed by atoms with van der Waals surface area (Å²) in [6.45, 7) is 5.30. The van der Waals surface area contributed by atoms with Gasteiger partial charge in [0.05, 0.1) is 5.56 Å². The summed E-state index contributed by atoms with van der Waals surface area (Å²) in [6.07, 6.45) is 0.153. The molecule has 0 radical (unpaired) electrons. The number of H-pyrrole nitrogens is 1. The molecule has 0 saturated carbocycles. The Morgan fingerprint density at radius 2 is 1.86 bits per heavy atom. The van der Waals surface area contributed by atoms with Gasteiger partial charge in [-0.15, -0.1) is 0 Å². The molecule has 1 aliphatic heterocycles. The van der Waals surface area contributed by atoms with Gasteiger partial charge in [0.2, 0.25) is 5.91 Å². The largest absolute Gasteiger partial charge is 0.416 e. The Labute approximate surface area is 172 Å². The second-order valence-electron chi connectivity index (χ2n) is 7.40. The van der Waals surface area contributed by atoms with Gasteiger partial charge in [0.15, 0.2) is 4.77 Å². The molecule has 9 heteroatoms. The molecule has 2 heterocycles. The smallest absolute Gasteiger partial charge is 0.339 e. The van der Waals surface area contributed by atoms with Crippen molar-refractivity contribution >= 4 is 24.2 Å². The zero-order valence-electron chi connectivity index (χ0n) is 16.2. The number of aromatic nitrogens is 3. The van der Waals surface area contributed by atoms with Crippen LogP contribution >= 0.6 is 12.2 Å². The number of hydrogen-bond donors (Lipinski definition) is 1. The molecule has 0 spiro atoms. The summed E-state index contributed by atoms with van der Waals surface area (Å²) in [6, 6.07) is 4.94. The van der Waals surface area contributed by atoms with Crippen LogP contribution in [0.3, 0.4) is 0 Å². The van der Waals surface area contributed by atoms with E-state index in [9.17, 15) is 18.0 Å². The van der Waals surface area contributed by atoms with E-state index >= 15 is 0 Å². The van der Waals surface area contributed by atoms with E-state index in [-0.39, 0.29) is 17.9 Å². The normalized spacial score (nSPS) is 16.1. The first-order valence-corrected chi connectivity index (χ1v) is 9.88. The number of aromatic amines is 1. The number of nitrogens with zero attached hydrogens (tertiary/aromatic N) is 3. The van der Waals surface area contributed by atoms with Gasteiger partial charge in [-0.3, -0.25) is 9.89 Å². The molecule has 1 aromatic carbocycles. The maximum absolute atomic E-state index is 12.6. The fourth-order valence-electron chi connectivity index (χ4n) is 3.52. The maximum Gasteiger partial charge on any atom is 0.416 e. The maximum atomic E-state index is 12.6. The molecule has 0 aliphatic carbocycles. The summed E-state index contributed by atoms with van der Waals surface area (Å²) in [5.74, 6) is 1.01. The first-order valence-electron chi connectivity index (χ1n) is 9.48. The molecular formula is C20H23F3N4OS. The van der Waals surface area contributed by atoms with Crippen LogP contribution in [0.25, 0.3) is 6.08 Å². The van der Waals surface area contributed by atoms with Crippen molar-refractivity contribution in [3.05, 3.63) is 52.1 Å². The van der Waals surface area contributed by atoms with Crippen molar-refractivity contribution in [1.82, 2.24) is 19.7 Å². The molecule has 0 unspecified atom stereocenters. The van der Waals surface area contributed by atoms with Gasteiger partial charge in [-0.05, 0) is 62.7 Å². The van der Waals surface area contributed by atoms with Crippen molar-refractivity contribution in [1.29, 1.82) is 0 Å². The van der Waals surface area contributed by atoms with Gasteiger partial charge in [0, 0.05) is 31.1 Å². The van der Waals surface area contributed by atoms with Gasteiger partial charge >= 0.3 is 6.18 Å². The van der Waals surface area contributed by atoms with Crippen LogP contribution in [0.4, 0.5) is 13.2 Å². The van der Waals surface area contributed by atoms with E-state index in [0.717, 1.165) is 30.8 Å². The monoisotopic (exact) mass is 424 g/mol. The van der Waals surface area contributed by atoms with Gasteiger partial charge in [0.25, 0.3) is 0 Å². The first-order chi connectivity index (χ1) is 13.7. The molecule has 1 aliphatic rings. The van der Waals surface area contributed by atoms with Crippen LogP contribution in [0.15, 0.2) is 30.3 Å². The molecule has 156 valence electrons. The zero-order valence-corrected chi connectivity index (χ0v) is 17.1. The third-order valence-electron chi connectivity index (χ3n) is 5.08. The highest BCUT2D eigenvalue weighted by molar-refractivity contribution is 7.71. The van der Waals surface area contributed by atoms with E-state index in [1.165, 1.54) is 18.2 Å². The van der Waals surface area contributed by atoms with Crippen LogP contribution in [0.5, 0.6) is 0 Å². The lowest BCUT2D eigenvalue weighted by atomic mass is 9.95.